The molecule has 3 atom stereocenters. The Labute approximate surface area is 121 Å². The summed E-state index contributed by atoms with van der Waals surface area (Å²) in [5.74, 6) is 2.63. The summed E-state index contributed by atoms with van der Waals surface area (Å²) in [5, 5.41) is 3.63. The number of nitrogens with one attached hydrogen (secondary N) is 1. The lowest BCUT2D eigenvalue weighted by atomic mass is 9.78. The number of nitrogens with zero attached hydrogens (tertiary/aromatic N) is 2. The molecule has 1 aliphatic carbocycles. The lowest BCUT2D eigenvalue weighted by Gasteiger charge is -2.34. The van der Waals surface area contributed by atoms with Gasteiger partial charge in [-0.2, -0.15) is 0 Å². The summed E-state index contributed by atoms with van der Waals surface area (Å²) in [4.78, 5) is 8.30. The highest BCUT2D eigenvalue weighted by atomic mass is 16.5. The molecule has 112 valence electrons. The Bertz CT molecular complexity index is 417. The van der Waals surface area contributed by atoms with E-state index in [9.17, 15) is 0 Å². The van der Waals surface area contributed by atoms with E-state index >= 15 is 0 Å². The molecular formula is C15H25N3O2. The molecular weight excluding hydrogens is 254 g/mol. The van der Waals surface area contributed by atoms with Gasteiger partial charge in [0.25, 0.3) is 0 Å². The quantitative estimate of drug-likeness (QED) is 0.897. The van der Waals surface area contributed by atoms with Crippen molar-refractivity contribution in [2.45, 2.75) is 45.7 Å². The maximum absolute atomic E-state index is 5.30. The van der Waals surface area contributed by atoms with E-state index in [1.54, 1.807) is 14.2 Å². The Hall–Kier alpha value is -1.36. The van der Waals surface area contributed by atoms with Crippen molar-refractivity contribution < 1.29 is 9.47 Å². The summed E-state index contributed by atoms with van der Waals surface area (Å²) in [7, 11) is 3.24. The summed E-state index contributed by atoms with van der Waals surface area (Å²) < 4.78 is 10.6. The van der Waals surface area contributed by atoms with Crippen molar-refractivity contribution in [2.75, 3.05) is 14.2 Å². The van der Waals surface area contributed by atoms with Gasteiger partial charge >= 0.3 is 0 Å². The van der Waals surface area contributed by atoms with Gasteiger partial charge in [-0.3, -0.25) is 0 Å². The molecule has 0 aliphatic heterocycles. The van der Waals surface area contributed by atoms with Crippen LogP contribution >= 0.6 is 0 Å². The number of aromatic nitrogens is 2. The van der Waals surface area contributed by atoms with Crippen molar-refractivity contribution in [3.63, 3.8) is 0 Å². The van der Waals surface area contributed by atoms with E-state index in [-0.39, 0.29) is 0 Å². The molecule has 5 nitrogen and oxygen atoms in total. The van der Waals surface area contributed by atoms with Crippen LogP contribution in [0.1, 0.15) is 38.7 Å². The van der Waals surface area contributed by atoms with Gasteiger partial charge < -0.3 is 14.8 Å². The average molecular weight is 279 g/mol. The molecule has 1 saturated carbocycles. The minimum absolute atomic E-state index is 0.536. The maximum Gasteiger partial charge on any atom is 0.224 e. The lowest BCUT2D eigenvalue weighted by molar-refractivity contribution is 0.204. The standard InChI is InChI=1S/C15H25N3O2/c1-10-6-5-7-13(11(10)2)16-8-12-14(19-3)17-9-18-15(12)20-4/h9-11,13,16H,5-8H2,1-4H3. The minimum Gasteiger partial charge on any atom is -0.481 e. The molecule has 0 saturated heterocycles. The molecule has 1 heterocycles. The second kappa shape index (κ2) is 6.88. The molecule has 0 radical (unpaired) electrons. The predicted octanol–water partition coefficient (Wildman–Crippen LogP) is 2.41. The first kappa shape index (κ1) is 15.0. The molecule has 3 unspecified atom stereocenters. The van der Waals surface area contributed by atoms with E-state index in [1.165, 1.54) is 25.6 Å². The van der Waals surface area contributed by atoms with E-state index in [4.69, 9.17) is 9.47 Å². The van der Waals surface area contributed by atoms with Gasteiger partial charge in [0.2, 0.25) is 11.8 Å². The largest absolute Gasteiger partial charge is 0.481 e. The van der Waals surface area contributed by atoms with E-state index in [1.807, 2.05) is 0 Å². The van der Waals surface area contributed by atoms with Crippen LogP contribution in [0, 0.1) is 11.8 Å². The summed E-state index contributed by atoms with van der Waals surface area (Å²) in [6, 6.07) is 0.536. The monoisotopic (exact) mass is 279 g/mol. The second-order valence-electron chi connectivity index (χ2n) is 5.63. The third-order valence-electron chi connectivity index (χ3n) is 4.50. The third kappa shape index (κ3) is 3.20. The zero-order chi connectivity index (χ0) is 14.5. The third-order valence-corrected chi connectivity index (χ3v) is 4.50. The summed E-state index contributed by atoms with van der Waals surface area (Å²) in [6.45, 7) is 5.34. The van der Waals surface area contributed by atoms with E-state index < -0.39 is 0 Å². The maximum atomic E-state index is 5.30. The Balaban J connectivity index is 2.06. The van der Waals surface area contributed by atoms with Gasteiger partial charge in [-0.15, -0.1) is 0 Å². The highest BCUT2D eigenvalue weighted by Gasteiger charge is 2.27. The van der Waals surface area contributed by atoms with Crippen molar-refractivity contribution in [2.24, 2.45) is 11.8 Å². The van der Waals surface area contributed by atoms with Crippen LogP contribution in [-0.2, 0) is 6.54 Å². The van der Waals surface area contributed by atoms with E-state index in [2.05, 4.69) is 29.1 Å². The van der Waals surface area contributed by atoms with Crippen LogP contribution in [0.5, 0.6) is 11.8 Å². The minimum atomic E-state index is 0.536. The molecule has 2 rings (SSSR count). The van der Waals surface area contributed by atoms with Crippen LogP contribution in [0.4, 0.5) is 0 Å². The smallest absolute Gasteiger partial charge is 0.224 e. The average Bonchev–Trinajstić information content (AvgIpc) is 2.48. The number of hydrogen-bond acceptors (Lipinski definition) is 5. The van der Waals surface area contributed by atoms with Crippen molar-refractivity contribution in [3.05, 3.63) is 11.9 Å². The molecule has 1 N–H and O–H groups in total. The molecule has 1 fully saturated rings. The lowest BCUT2D eigenvalue weighted by Crippen LogP contribution is -2.40. The Morgan fingerprint density at radius 3 is 2.40 bits per heavy atom. The number of ether oxygens (including phenoxy) is 2. The van der Waals surface area contributed by atoms with E-state index in [0.29, 0.717) is 30.3 Å². The molecule has 0 spiro atoms. The number of methoxy groups -OCH3 is 2. The molecule has 1 aromatic rings. The zero-order valence-electron chi connectivity index (χ0n) is 12.8. The summed E-state index contributed by atoms with van der Waals surface area (Å²) in [6.07, 6.45) is 5.32. The predicted molar refractivity (Wildman–Crippen MR) is 77.9 cm³/mol. The second-order valence-corrected chi connectivity index (χ2v) is 5.63. The molecule has 20 heavy (non-hydrogen) atoms. The topological polar surface area (TPSA) is 56.3 Å². The van der Waals surface area contributed by atoms with Crippen LogP contribution in [0.2, 0.25) is 0 Å². The van der Waals surface area contributed by atoms with Gasteiger partial charge in [0.05, 0.1) is 19.8 Å². The first-order chi connectivity index (χ1) is 9.67. The number of hydrogen-bond donors (Lipinski definition) is 1. The fraction of sp³-hybridized carbons (Fsp3) is 0.733. The Morgan fingerprint density at radius 2 is 1.80 bits per heavy atom. The fourth-order valence-electron chi connectivity index (χ4n) is 2.99. The number of rotatable bonds is 5. The first-order valence-electron chi connectivity index (χ1n) is 7.32. The van der Waals surface area contributed by atoms with Gasteiger partial charge in [-0.25, -0.2) is 9.97 Å². The molecule has 1 aromatic heterocycles. The van der Waals surface area contributed by atoms with Gasteiger partial charge in [0.15, 0.2) is 0 Å². The molecule has 1 aliphatic rings. The van der Waals surface area contributed by atoms with E-state index in [0.717, 1.165) is 11.5 Å². The van der Waals surface area contributed by atoms with Gasteiger partial charge in [0, 0.05) is 12.6 Å². The SMILES string of the molecule is COc1ncnc(OC)c1CNC1CCCC(C)C1C. The van der Waals surface area contributed by atoms with Crippen LogP contribution in [0.3, 0.4) is 0 Å². The van der Waals surface area contributed by atoms with Crippen LogP contribution in [0.25, 0.3) is 0 Å². The molecule has 0 aromatic carbocycles. The highest BCUT2D eigenvalue weighted by Crippen LogP contribution is 2.30. The molecule has 5 heteroatoms. The summed E-state index contributed by atoms with van der Waals surface area (Å²) in [5.41, 5.74) is 0.892. The highest BCUT2D eigenvalue weighted by molar-refractivity contribution is 5.34. The van der Waals surface area contributed by atoms with Crippen LogP contribution in [-0.4, -0.2) is 30.2 Å². The molecule has 0 bridgehead atoms. The van der Waals surface area contributed by atoms with Gasteiger partial charge in [-0.1, -0.05) is 26.7 Å². The zero-order valence-corrected chi connectivity index (χ0v) is 12.8. The van der Waals surface area contributed by atoms with Crippen LogP contribution < -0.4 is 14.8 Å². The van der Waals surface area contributed by atoms with Crippen molar-refractivity contribution >= 4 is 0 Å². The molecule has 0 amide bonds. The fourth-order valence-corrected chi connectivity index (χ4v) is 2.99. The first-order valence-corrected chi connectivity index (χ1v) is 7.32. The van der Waals surface area contributed by atoms with Gasteiger partial charge in [0.1, 0.15) is 6.33 Å². The van der Waals surface area contributed by atoms with Crippen LogP contribution in [0.15, 0.2) is 6.33 Å². The van der Waals surface area contributed by atoms with Crippen molar-refractivity contribution in [1.29, 1.82) is 0 Å². The van der Waals surface area contributed by atoms with Gasteiger partial charge in [-0.05, 0) is 18.3 Å². The van der Waals surface area contributed by atoms with Crippen molar-refractivity contribution in [3.8, 4) is 11.8 Å². The normalized spacial score (nSPS) is 26.3. The Morgan fingerprint density at radius 1 is 1.15 bits per heavy atom. The van der Waals surface area contributed by atoms with Crippen molar-refractivity contribution in [1.82, 2.24) is 15.3 Å². The Kier molecular flexibility index (Phi) is 5.17. The summed E-state index contributed by atoms with van der Waals surface area (Å²) >= 11 is 0.